The third kappa shape index (κ3) is 3.72. The van der Waals surface area contributed by atoms with Crippen LogP contribution in [0.1, 0.15) is 45.4 Å². The normalized spacial score (nSPS) is 29.1. The molecule has 0 saturated carbocycles. The van der Waals surface area contributed by atoms with Crippen LogP contribution in [0.4, 0.5) is 0 Å². The van der Waals surface area contributed by atoms with Gasteiger partial charge in [0, 0.05) is 25.0 Å². The molecule has 0 aromatic carbocycles. The maximum Gasteiger partial charge on any atom is 0.136 e. The summed E-state index contributed by atoms with van der Waals surface area (Å²) < 4.78 is 6.02. The number of nitrogens with two attached hydrogens (primary N) is 1. The van der Waals surface area contributed by atoms with Crippen molar-refractivity contribution in [3.63, 3.8) is 0 Å². The molecule has 2 fully saturated rings. The van der Waals surface area contributed by atoms with Crippen molar-refractivity contribution in [2.75, 3.05) is 18.1 Å². The van der Waals surface area contributed by atoms with Gasteiger partial charge in [-0.3, -0.25) is 4.79 Å². The molecule has 0 aliphatic carbocycles. The van der Waals surface area contributed by atoms with Crippen molar-refractivity contribution in [1.29, 1.82) is 0 Å². The van der Waals surface area contributed by atoms with Crippen molar-refractivity contribution < 1.29 is 9.53 Å². The van der Waals surface area contributed by atoms with E-state index in [2.05, 4.69) is 0 Å². The molecule has 1 spiro atoms. The SMILES string of the molecule is CC(N)CCC(=O)C1CCOC2(CCSCC2)C1. The molecule has 2 rings (SSSR count). The number of rotatable bonds is 4. The molecular weight excluding hydrogens is 246 g/mol. The minimum absolute atomic E-state index is 0.0259. The lowest BCUT2D eigenvalue weighted by molar-refractivity contribution is -0.138. The molecule has 2 saturated heterocycles. The second-order valence-electron chi connectivity index (χ2n) is 5.82. The molecule has 2 atom stereocenters. The fraction of sp³-hybridized carbons (Fsp3) is 0.929. The Morgan fingerprint density at radius 3 is 2.89 bits per heavy atom. The molecule has 0 aromatic heterocycles. The van der Waals surface area contributed by atoms with E-state index in [-0.39, 0.29) is 17.6 Å². The summed E-state index contributed by atoms with van der Waals surface area (Å²) >= 11 is 2.00. The van der Waals surface area contributed by atoms with Crippen LogP contribution in [0.3, 0.4) is 0 Å². The van der Waals surface area contributed by atoms with Gasteiger partial charge in [0.15, 0.2) is 0 Å². The van der Waals surface area contributed by atoms with E-state index >= 15 is 0 Å². The summed E-state index contributed by atoms with van der Waals surface area (Å²) in [5.74, 6) is 3.00. The van der Waals surface area contributed by atoms with Crippen LogP contribution >= 0.6 is 11.8 Å². The number of Topliss-reactive ketones (excluding diaryl/α,β-unsaturated/α-hetero) is 1. The van der Waals surface area contributed by atoms with Gasteiger partial charge in [0.1, 0.15) is 5.78 Å². The number of hydrogen-bond acceptors (Lipinski definition) is 4. The zero-order valence-corrected chi connectivity index (χ0v) is 12.1. The average molecular weight is 271 g/mol. The van der Waals surface area contributed by atoms with Crippen molar-refractivity contribution >= 4 is 17.5 Å². The first kappa shape index (κ1) is 14.4. The van der Waals surface area contributed by atoms with Gasteiger partial charge in [0.2, 0.25) is 0 Å². The number of ketones is 1. The first-order chi connectivity index (χ1) is 8.61. The zero-order chi connectivity index (χ0) is 13.0. The third-order valence-corrected chi connectivity index (χ3v) is 5.18. The summed E-state index contributed by atoms with van der Waals surface area (Å²) in [4.78, 5) is 12.2. The molecule has 2 N–H and O–H groups in total. The Hall–Kier alpha value is -0.0600. The number of thioether (sulfide) groups is 1. The Morgan fingerprint density at radius 1 is 1.50 bits per heavy atom. The van der Waals surface area contributed by atoms with Crippen LogP contribution in [0.25, 0.3) is 0 Å². The van der Waals surface area contributed by atoms with E-state index in [0.29, 0.717) is 12.2 Å². The van der Waals surface area contributed by atoms with Gasteiger partial charge in [-0.25, -0.2) is 0 Å². The van der Waals surface area contributed by atoms with Crippen LogP contribution in [-0.2, 0) is 9.53 Å². The second kappa shape index (κ2) is 6.40. The predicted octanol–water partition coefficient (Wildman–Crippen LogP) is 2.38. The van der Waals surface area contributed by atoms with Crippen molar-refractivity contribution in [3.8, 4) is 0 Å². The first-order valence-electron chi connectivity index (χ1n) is 7.11. The Bertz CT molecular complexity index is 282. The fourth-order valence-corrected chi connectivity index (χ4v) is 4.21. The highest BCUT2D eigenvalue weighted by Crippen LogP contribution is 2.40. The van der Waals surface area contributed by atoms with Gasteiger partial charge < -0.3 is 10.5 Å². The number of hydrogen-bond donors (Lipinski definition) is 1. The smallest absolute Gasteiger partial charge is 0.136 e. The number of carbonyl (C=O) groups excluding carboxylic acids is 1. The van der Waals surface area contributed by atoms with Crippen molar-refractivity contribution in [1.82, 2.24) is 0 Å². The van der Waals surface area contributed by atoms with Crippen molar-refractivity contribution in [2.45, 2.75) is 57.1 Å². The van der Waals surface area contributed by atoms with Crippen LogP contribution in [0.2, 0.25) is 0 Å². The molecule has 18 heavy (non-hydrogen) atoms. The van der Waals surface area contributed by atoms with E-state index in [9.17, 15) is 4.79 Å². The predicted molar refractivity (Wildman–Crippen MR) is 75.9 cm³/mol. The van der Waals surface area contributed by atoms with E-state index in [0.717, 1.165) is 38.7 Å². The lowest BCUT2D eigenvalue weighted by Crippen LogP contribution is -2.44. The van der Waals surface area contributed by atoms with E-state index in [1.165, 1.54) is 11.5 Å². The first-order valence-corrected chi connectivity index (χ1v) is 8.27. The molecule has 0 aromatic rings. The van der Waals surface area contributed by atoms with Crippen LogP contribution in [0.5, 0.6) is 0 Å². The van der Waals surface area contributed by atoms with Gasteiger partial charge in [0.05, 0.1) is 5.60 Å². The molecule has 4 heteroatoms. The highest BCUT2D eigenvalue weighted by atomic mass is 32.2. The maximum absolute atomic E-state index is 12.2. The standard InChI is InChI=1S/C14H25NO2S/c1-11(15)2-3-13(16)12-4-7-17-14(10-12)5-8-18-9-6-14/h11-12H,2-10,15H2,1H3. The zero-order valence-electron chi connectivity index (χ0n) is 11.3. The monoisotopic (exact) mass is 271 g/mol. The minimum Gasteiger partial charge on any atom is -0.375 e. The molecule has 0 amide bonds. The summed E-state index contributed by atoms with van der Waals surface area (Å²) in [6.45, 7) is 2.73. The van der Waals surface area contributed by atoms with Gasteiger partial charge in [0.25, 0.3) is 0 Å². The Labute approximate surface area is 114 Å². The Balaban J connectivity index is 1.87. The van der Waals surface area contributed by atoms with E-state index in [4.69, 9.17) is 10.5 Å². The minimum atomic E-state index is 0.0259. The largest absolute Gasteiger partial charge is 0.375 e. The Morgan fingerprint density at radius 2 is 2.22 bits per heavy atom. The maximum atomic E-state index is 12.2. The topological polar surface area (TPSA) is 52.3 Å². The molecule has 2 heterocycles. The van der Waals surface area contributed by atoms with Gasteiger partial charge >= 0.3 is 0 Å². The van der Waals surface area contributed by atoms with Gasteiger partial charge in [-0.15, -0.1) is 0 Å². The molecule has 0 radical (unpaired) electrons. The van der Waals surface area contributed by atoms with E-state index in [1.807, 2.05) is 18.7 Å². The van der Waals surface area contributed by atoms with Gasteiger partial charge in [-0.2, -0.15) is 11.8 Å². The highest BCUT2D eigenvalue weighted by molar-refractivity contribution is 7.99. The van der Waals surface area contributed by atoms with Crippen molar-refractivity contribution in [2.24, 2.45) is 11.7 Å². The highest BCUT2D eigenvalue weighted by Gasteiger charge is 2.40. The molecule has 3 nitrogen and oxygen atoms in total. The summed E-state index contributed by atoms with van der Waals surface area (Å²) in [6, 6.07) is 0.133. The van der Waals surface area contributed by atoms with Crippen LogP contribution in [-0.4, -0.2) is 35.5 Å². The Kier molecular flexibility index (Phi) is 5.10. The molecule has 2 aliphatic heterocycles. The lowest BCUT2D eigenvalue weighted by atomic mass is 9.79. The number of carbonyl (C=O) groups is 1. The summed E-state index contributed by atoms with van der Waals surface area (Å²) in [7, 11) is 0. The summed E-state index contributed by atoms with van der Waals surface area (Å²) in [6.07, 6.45) is 5.56. The van der Waals surface area contributed by atoms with Crippen LogP contribution in [0, 0.1) is 5.92 Å². The van der Waals surface area contributed by atoms with Crippen molar-refractivity contribution in [3.05, 3.63) is 0 Å². The number of ether oxygens (including phenoxy) is 1. The van der Waals surface area contributed by atoms with Gasteiger partial charge in [-0.1, -0.05) is 0 Å². The molecule has 104 valence electrons. The van der Waals surface area contributed by atoms with Crippen LogP contribution in [0.15, 0.2) is 0 Å². The molecular formula is C14H25NO2S. The average Bonchev–Trinajstić information content (AvgIpc) is 2.37. The second-order valence-corrected chi connectivity index (χ2v) is 7.04. The lowest BCUT2D eigenvalue weighted by Gasteiger charge is -2.43. The van der Waals surface area contributed by atoms with Crippen LogP contribution < -0.4 is 5.73 Å². The summed E-state index contributed by atoms with van der Waals surface area (Å²) in [5, 5.41) is 0. The molecule has 2 aliphatic rings. The molecule has 0 bridgehead atoms. The fourth-order valence-electron chi connectivity index (χ4n) is 2.97. The summed E-state index contributed by atoms with van der Waals surface area (Å²) in [5.41, 5.74) is 5.75. The van der Waals surface area contributed by atoms with E-state index < -0.39 is 0 Å². The third-order valence-electron chi connectivity index (χ3n) is 4.20. The van der Waals surface area contributed by atoms with E-state index in [1.54, 1.807) is 0 Å². The van der Waals surface area contributed by atoms with Gasteiger partial charge in [-0.05, 0) is 50.5 Å². The quantitative estimate of drug-likeness (QED) is 0.853. The molecule has 2 unspecified atom stereocenters.